The van der Waals surface area contributed by atoms with E-state index in [1.807, 2.05) is 84.9 Å². The van der Waals surface area contributed by atoms with Crippen LogP contribution in [0.25, 0.3) is 10.8 Å². The lowest BCUT2D eigenvalue weighted by molar-refractivity contribution is 0.796. The van der Waals surface area contributed by atoms with Crippen LogP contribution < -0.4 is 22.4 Å². The molecule has 0 aliphatic carbocycles. The summed E-state index contributed by atoms with van der Waals surface area (Å²) in [5, 5.41) is 1.81. The Morgan fingerprint density at radius 2 is 0.976 bits per heavy atom. The topological polar surface area (TPSA) is 154 Å². The van der Waals surface area contributed by atoms with Crippen molar-refractivity contribution in [3.8, 4) is 0 Å². The van der Waals surface area contributed by atoms with Crippen molar-refractivity contribution in [2.24, 2.45) is 34.9 Å². The van der Waals surface area contributed by atoms with Gasteiger partial charge in [0.15, 0.2) is 35.3 Å². The maximum atomic E-state index is 6.20. The van der Waals surface area contributed by atoms with Gasteiger partial charge in [-0.25, -0.2) is 34.9 Å². The van der Waals surface area contributed by atoms with Crippen molar-refractivity contribution < 1.29 is 0 Å². The van der Waals surface area contributed by atoms with Gasteiger partial charge in [0.2, 0.25) is 0 Å². The number of rotatable bonds is 0. The lowest BCUT2D eigenvalue weighted by Crippen LogP contribution is -2.15. The van der Waals surface area contributed by atoms with Gasteiger partial charge in [-0.15, -0.1) is 0 Å². The number of nitrogens with zero attached hydrogens (tertiary/aromatic N) is 7. The summed E-state index contributed by atoms with van der Waals surface area (Å²) in [5.41, 5.74) is 20.0. The van der Waals surface area contributed by atoms with Crippen LogP contribution in [0.4, 0.5) is 11.4 Å². The molecule has 0 fully saturated rings. The van der Waals surface area contributed by atoms with Gasteiger partial charge in [0, 0.05) is 55.5 Å². The number of hydrogen-bond donors (Lipinski definition) is 3. The molecule has 10 heteroatoms. The van der Waals surface area contributed by atoms with Crippen LogP contribution in [0.1, 0.15) is 39.5 Å². The zero-order chi connectivity index (χ0) is 27.9. The number of anilines is 2. The molecule has 1 atom stereocenters. The van der Waals surface area contributed by atoms with E-state index in [4.69, 9.17) is 46.4 Å². The fraction of sp³-hybridized carbons (Fsp3) is 0.0312. The summed E-state index contributed by atoms with van der Waals surface area (Å²) < 4.78 is 0. The minimum atomic E-state index is -0.537. The molecule has 9 rings (SSSR count). The van der Waals surface area contributed by atoms with Crippen molar-refractivity contribution in [2.45, 2.75) is 6.17 Å². The van der Waals surface area contributed by atoms with Crippen molar-refractivity contribution in [3.63, 3.8) is 0 Å². The van der Waals surface area contributed by atoms with E-state index < -0.39 is 6.17 Å². The Morgan fingerprint density at radius 1 is 0.476 bits per heavy atom. The fourth-order valence-corrected chi connectivity index (χ4v) is 5.79. The van der Waals surface area contributed by atoms with Gasteiger partial charge in [0.1, 0.15) is 11.0 Å². The largest absolute Gasteiger partial charge is 0.399 e. The van der Waals surface area contributed by atoms with Crippen LogP contribution in [0.15, 0.2) is 120 Å². The standard InChI is InChI=1S/C32H20N10/c33-15-9-11-21-23(13-15)32-40-28-20-8-4-2-6-18(20)26(36-28)38-30-22-12-10-16(34)14-24(22)31(42-30)39-27-19-7-3-1-5-17(19)25(35-27)37-29(21)41-32/h1-14,25H,33-34H2,(H,35,36,37,38,39,40,41,42). The average molecular weight is 545 g/mol. The molecule has 4 aromatic carbocycles. The van der Waals surface area contributed by atoms with E-state index in [9.17, 15) is 0 Å². The van der Waals surface area contributed by atoms with Crippen molar-refractivity contribution in [3.05, 3.63) is 129 Å². The molecule has 198 valence electrons. The smallest absolute Gasteiger partial charge is 0.170 e. The number of aromatic amines is 1. The first-order valence-electron chi connectivity index (χ1n) is 13.4. The van der Waals surface area contributed by atoms with Crippen molar-refractivity contribution in [1.82, 2.24) is 4.98 Å². The molecule has 8 bridgehead atoms. The number of H-pyrrole nitrogens is 1. The third-order valence-electron chi connectivity index (χ3n) is 7.76. The molecule has 5 aromatic rings. The molecule has 4 aliphatic heterocycles. The maximum absolute atomic E-state index is 6.20. The minimum absolute atomic E-state index is 0.493. The number of amidine groups is 5. The number of fused-ring (bicyclic) bond motifs is 17. The van der Waals surface area contributed by atoms with Crippen LogP contribution in [-0.2, 0) is 0 Å². The molecule has 4 aliphatic rings. The molecular weight excluding hydrogens is 524 g/mol. The number of aliphatic imine (C=N–C) groups is 5. The molecule has 5 heterocycles. The van der Waals surface area contributed by atoms with Gasteiger partial charge in [-0.05, 0) is 36.4 Å². The van der Waals surface area contributed by atoms with Crippen molar-refractivity contribution in [2.75, 3.05) is 11.5 Å². The second-order valence-corrected chi connectivity index (χ2v) is 10.4. The van der Waals surface area contributed by atoms with Gasteiger partial charge in [-0.2, -0.15) is 0 Å². The van der Waals surface area contributed by atoms with Gasteiger partial charge < -0.3 is 16.5 Å². The van der Waals surface area contributed by atoms with Crippen LogP contribution in [0, 0.1) is 0 Å². The quantitative estimate of drug-likeness (QED) is 0.256. The molecule has 5 N–H and O–H groups in total. The first-order valence-corrected chi connectivity index (χ1v) is 13.4. The summed E-state index contributed by atoms with van der Waals surface area (Å²) >= 11 is 0. The van der Waals surface area contributed by atoms with Gasteiger partial charge in [-0.1, -0.05) is 48.5 Å². The van der Waals surface area contributed by atoms with E-state index in [0.717, 1.165) is 44.2 Å². The summed E-state index contributed by atoms with van der Waals surface area (Å²) in [4.78, 5) is 38.1. The summed E-state index contributed by atoms with van der Waals surface area (Å²) in [6.07, 6.45) is -0.537. The van der Waals surface area contributed by atoms with Gasteiger partial charge in [-0.3, -0.25) is 0 Å². The summed E-state index contributed by atoms with van der Waals surface area (Å²) in [5.74, 6) is 2.60. The number of nitrogen functional groups attached to an aromatic ring is 2. The van der Waals surface area contributed by atoms with Crippen molar-refractivity contribution >= 4 is 51.3 Å². The normalized spacial score (nSPS) is 17.6. The maximum Gasteiger partial charge on any atom is 0.170 e. The lowest BCUT2D eigenvalue weighted by atomic mass is 10.1. The van der Waals surface area contributed by atoms with Crippen LogP contribution >= 0.6 is 0 Å². The molecule has 0 radical (unpaired) electrons. The molecule has 1 unspecified atom stereocenters. The molecule has 10 nitrogen and oxygen atoms in total. The molecule has 0 amide bonds. The number of hydrogen-bond acceptors (Lipinski definition) is 9. The monoisotopic (exact) mass is 544 g/mol. The zero-order valence-electron chi connectivity index (χ0n) is 21.9. The van der Waals surface area contributed by atoms with Gasteiger partial charge >= 0.3 is 0 Å². The fourth-order valence-electron chi connectivity index (χ4n) is 5.79. The Labute approximate surface area is 238 Å². The summed E-state index contributed by atoms with van der Waals surface area (Å²) in [6, 6.07) is 27.2. The Bertz CT molecular complexity index is 2330. The highest BCUT2D eigenvalue weighted by atomic mass is 15.2. The first kappa shape index (κ1) is 22.8. The van der Waals surface area contributed by atoms with Gasteiger partial charge in [0.05, 0.1) is 0 Å². The van der Waals surface area contributed by atoms with E-state index in [-0.39, 0.29) is 0 Å². The second-order valence-electron chi connectivity index (χ2n) is 10.4. The second kappa shape index (κ2) is 8.24. The highest BCUT2D eigenvalue weighted by Crippen LogP contribution is 2.34. The van der Waals surface area contributed by atoms with Crippen LogP contribution in [0.2, 0.25) is 0 Å². The Hall–Kier alpha value is -6.03. The summed E-state index contributed by atoms with van der Waals surface area (Å²) in [7, 11) is 0. The molecule has 0 saturated carbocycles. The number of nitrogens with two attached hydrogens (primary N) is 2. The number of aromatic nitrogens is 1. The third-order valence-corrected chi connectivity index (χ3v) is 7.76. The van der Waals surface area contributed by atoms with Crippen LogP contribution in [0.5, 0.6) is 0 Å². The molecule has 1 aromatic heterocycles. The van der Waals surface area contributed by atoms with Crippen LogP contribution in [-0.4, -0.2) is 34.2 Å². The Balaban J connectivity index is 1.40. The predicted octanol–water partition coefficient (Wildman–Crippen LogP) is 3.46. The third kappa shape index (κ3) is 3.29. The van der Waals surface area contributed by atoms with E-state index >= 15 is 0 Å². The summed E-state index contributed by atoms with van der Waals surface area (Å²) in [6.45, 7) is 0. The van der Waals surface area contributed by atoms with Crippen LogP contribution in [0.3, 0.4) is 0 Å². The average Bonchev–Trinajstić information content (AvgIpc) is 3.72. The van der Waals surface area contributed by atoms with E-state index in [2.05, 4.69) is 4.98 Å². The predicted molar refractivity (Wildman–Crippen MR) is 164 cm³/mol. The first-order chi connectivity index (χ1) is 20.6. The van der Waals surface area contributed by atoms with Gasteiger partial charge in [0.25, 0.3) is 0 Å². The highest BCUT2D eigenvalue weighted by Gasteiger charge is 2.30. The SMILES string of the molecule is Nc1ccc2c(c1)C1=NC2=NC2N=C(N=C3N=C(N=c4[nH]c(c5ccccc45)=N1)c1ccc(N)cc13)c1ccccc12. The number of nitrogens with one attached hydrogen (secondary N) is 1. The minimum Gasteiger partial charge on any atom is -0.399 e. The highest BCUT2D eigenvalue weighted by molar-refractivity contribution is 6.26. The number of benzene rings is 4. The zero-order valence-corrected chi connectivity index (χ0v) is 21.9. The molecular formula is C32H20N10. The molecule has 0 saturated heterocycles. The molecule has 0 spiro atoms. The Kier molecular flexibility index (Phi) is 4.47. The van der Waals surface area contributed by atoms with Crippen molar-refractivity contribution in [1.29, 1.82) is 0 Å². The van der Waals surface area contributed by atoms with E-state index in [1.54, 1.807) is 0 Å². The Morgan fingerprint density at radius 3 is 1.64 bits per heavy atom. The van der Waals surface area contributed by atoms with E-state index in [0.29, 0.717) is 51.5 Å². The molecule has 42 heavy (non-hydrogen) atoms. The lowest BCUT2D eigenvalue weighted by Gasteiger charge is -2.05. The van der Waals surface area contributed by atoms with E-state index in [1.165, 1.54) is 0 Å².